The Morgan fingerprint density at radius 1 is 1.30 bits per heavy atom. The third-order valence-corrected chi connectivity index (χ3v) is 3.58. The third kappa shape index (κ3) is 2.88. The normalized spacial score (nSPS) is 15.8. The zero-order valence-electron chi connectivity index (χ0n) is 11.0. The first-order valence-corrected chi connectivity index (χ1v) is 6.63. The topological polar surface area (TPSA) is 75.4 Å². The van der Waals surface area contributed by atoms with Gasteiger partial charge in [0.15, 0.2) is 5.58 Å². The Morgan fingerprint density at radius 2 is 2.05 bits per heavy atom. The first kappa shape index (κ1) is 14.7. The number of hydrogen-bond donors (Lipinski definition) is 2. The van der Waals surface area contributed by atoms with Crippen LogP contribution in [0.4, 0.5) is 6.01 Å². The summed E-state index contributed by atoms with van der Waals surface area (Å²) in [5.41, 5.74) is 1.10. The summed E-state index contributed by atoms with van der Waals surface area (Å²) in [4.78, 5) is 15.4. The summed E-state index contributed by atoms with van der Waals surface area (Å²) >= 11 is 0. The molecule has 1 aliphatic carbocycles. The number of para-hydroxylation sites is 1. The minimum atomic E-state index is -0.983. The molecule has 1 aromatic carbocycles. The van der Waals surface area contributed by atoms with Gasteiger partial charge in [0, 0.05) is 6.04 Å². The summed E-state index contributed by atoms with van der Waals surface area (Å²) < 4.78 is 5.58. The molecule has 0 aliphatic heterocycles. The summed E-state index contributed by atoms with van der Waals surface area (Å²) in [5, 5.41) is 12.4. The number of rotatable bonds is 3. The summed E-state index contributed by atoms with van der Waals surface area (Å²) in [6, 6.07) is 5.76. The van der Waals surface area contributed by atoms with Crippen molar-refractivity contribution in [3.63, 3.8) is 0 Å². The van der Waals surface area contributed by atoms with Crippen molar-refractivity contribution in [1.82, 2.24) is 4.98 Å². The fourth-order valence-electron chi connectivity index (χ4n) is 2.60. The molecule has 2 aromatic rings. The first-order valence-electron chi connectivity index (χ1n) is 6.63. The number of oxazole rings is 1. The maximum absolute atomic E-state index is 11.1. The number of anilines is 1. The molecule has 0 unspecified atom stereocenters. The molecule has 0 amide bonds. The predicted octanol–water partition coefficient (Wildman–Crippen LogP) is 3.69. The van der Waals surface area contributed by atoms with E-state index in [9.17, 15) is 4.79 Å². The van der Waals surface area contributed by atoms with Crippen LogP contribution in [0.5, 0.6) is 0 Å². The molecule has 0 radical (unpaired) electrons. The molecule has 1 saturated carbocycles. The van der Waals surface area contributed by atoms with Gasteiger partial charge in [0.2, 0.25) is 0 Å². The van der Waals surface area contributed by atoms with Crippen LogP contribution in [0.3, 0.4) is 0 Å². The number of aromatic carboxylic acids is 1. The molecule has 0 atom stereocenters. The number of hydrogen-bond acceptors (Lipinski definition) is 4. The number of halogens is 1. The molecule has 108 valence electrons. The van der Waals surface area contributed by atoms with Crippen LogP contribution in [-0.2, 0) is 0 Å². The fraction of sp³-hybridized carbons (Fsp3) is 0.429. The van der Waals surface area contributed by atoms with Gasteiger partial charge in [-0.15, -0.1) is 12.4 Å². The van der Waals surface area contributed by atoms with Crippen molar-refractivity contribution in [2.75, 3.05) is 5.32 Å². The highest BCUT2D eigenvalue weighted by atomic mass is 35.5. The molecule has 1 fully saturated rings. The van der Waals surface area contributed by atoms with Gasteiger partial charge < -0.3 is 14.8 Å². The second-order valence-electron chi connectivity index (χ2n) is 4.96. The van der Waals surface area contributed by atoms with Gasteiger partial charge in [0.05, 0.1) is 5.56 Å². The number of nitrogens with zero attached hydrogens (tertiary/aromatic N) is 1. The van der Waals surface area contributed by atoms with Gasteiger partial charge in [-0.25, -0.2) is 4.79 Å². The maximum Gasteiger partial charge on any atom is 0.338 e. The van der Waals surface area contributed by atoms with E-state index in [1.165, 1.54) is 25.3 Å². The second-order valence-corrected chi connectivity index (χ2v) is 4.96. The highest BCUT2D eigenvalue weighted by molar-refractivity contribution is 6.00. The third-order valence-electron chi connectivity index (χ3n) is 3.58. The Bertz CT molecular complexity index is 605. The SMILES string of the molecule is Cl.O=C(O)c1cccc2oc(NC3CCCCC3)nc12. The number of carbonyl (C=O) groups is 1. The van der Waals surface area contributed by atoms with Gasteiger partial charge in [-0.2, -0.15) is 4.98 Å². The van der Waals surface area contributed by atoms with Gasteiger partial charge in [-0.05, 0) is 25.0 Å². The van der Waals surface area contributed by atoms with Crippen molar-refractivity contribution in [2.45, 2.75) is 38.1 Å². The molecule has 3 rings (SSSR count). The minimum Gasteiger partial charge on any atom is -0.478 e. The molecule has 1 heterocycles. The molecule has 20 heavy (non-hydrogen) atoms. The van der Waals surface area contributed by atoms with E-state index in [0.717, 1.165) is 12.8 Å². The molecule has 0 saturated heterocycles. The van der Waals surface area contributed by atoms with E-state index >= 15 is 0 Å². The molecule has 1 aromatic heterocycles. The van der Waals surface area contributed by atoms with E-state index in [2.05, 4.69) is 10.3 Å². The van der Waals surface area contributed by atoms with Gasteiger partial charge in [0.1, 0.15) is 5.52 Å². The molecule has 1 aliphatic rings. The Hall–Kier alpha value is -1.75. The lowest BCUT2D eigenvalue weighted by atomic mass is 9.96. The Labute approximate surface area is 122 Å². The predicted molar refractivity (Wildman–Crippen MR) is 78.7 cm³/mol. The van der Waals surface area contributed by atoms with Crippen LogP contribution in [0.25, 0.3) is 11.1 Å². The van der Waals surface area contributed by atoms with Crippen LogP contribution in [0, 0.1) is 0 Å². The molecule has 2 N–H and O–H groups in total. The summed E-state index contributed by atoms with van der Waals surface area (Å²) in [6.45, 7) is 0. The number of aromatic nitrogens is 1. The van der Waals surface area contributed by atoms with Crippen LogP contribution < -0.4 is 5.32 Å². The van der Waals surface area contributed by atoms with Crippen molar-refractivity contribution in [2.24, 2.45) is 0 Å². The Kier molecular flexibility index (Phi) is 4.49. The van der Waals surface area contributed by atoms with Crippen LogP contribution >= 0.6 is 12.4 Å². The van der Waals surface area contributed by atoms with Gasteiger partial charge in [-0.1, -0.05) is 25.3 Å². The van der Waals surface area contributed by atoms with E-state index in [-0.39, 0.29) is 18.0 Å². The van der Waals surface area contributed by atoms with Crippen LogP contribution in [0.1, 0.15) is 42.5 Å². The quantitative estimate of drug-likeness (QED) is 0.903. The van der Waals surface area contributed by atoms with E-state index in [1.54, 1.807) is 12.1 Å². The zero-order valence-corrected chi connectivity index (χ0v) is 11.8. The Balaban J connectivity index is 0.00000147. The maximum atomic E-state index is 11.1. The average Bonchev–Trinajstić information content (AvgIpc) is 2.81. The smallest absolute Gasteiger partial charge is 0.338 e. The lowest BCUT2D eigenvalue weighted by Gasteiger charge is -2.21. The van der Waals surface area contributed by atoms with Crippen LogP contribution in [0.15, 0.2) is 22.6 Å². The van der Waals surface area contributed by atoms with Crippen molar-refractivity contribution >= 4 is 35.5 Å². The van der Waals surface area contributed by atoms with Crippen molar-refractivity contribution < 1.29 is 14.3 Å². The van der Waals surface area contributed by atoms with E-state index in [4.69, 9.17) is 9.52 Å². The van der Waals surface area contributed by atoms with E-state index in [0.29, 0.717) is 23.2 Å². The first-order chi connectivity index (χ1) is 9.24. The van der Waals surface area contributed by atoms with Crippen molar-refractivity contribution in [1.29, 1.82) is 0 Å². The van der Waals surface area contributed by atoms with Crippen LogP contribution in [-0.4, -0.2) is 22.1 Å². The van der Waals surface area contributed by atoms with Crippen molar-refractivity contribution in [3.8, 4) is 0 Å². The molecule has 5 nitrogen and oxygen atoms in total. The molecule has 6 heteroatoms. The molecule has 0 bridgehead atoms. The average molecular weight is 297 g/mol. The Morgan fingerprint density at radius 3 is 2.75 bits per heavy atom. The second kappa shape index (κ2) is 6.13. The number of benzene rings is 1. The lowest BCUT2D eigenvalue weighted by Crippen LogP contribution is -2.22. The number of carboxylic acid groups (broad SMARTS) is 1. The lowest BCUT2D eigenvalue weighted by molar-refractivity contribution is 0.0699. The summed E-state index contributed by atoms with van der Waals surface area (Å²) in [7, 11) is 0. The van der Waals surface area contributed by atoms with Gasteiger partial charge >= 0.3 is 5.97 Å². The van der Waals surface area contributed by atoms with Crippen LogP contribution in [0.2, 0.25) is 0 Å². The summed E-state index contributed by atoms with van der Waals surface area (Å²) in [5.74, 6) is -0.983. The van der Waals surface area contributed by atoms with E-state index in [1.807, 2.05) is 0 Å². The number of fused-ring (bicyclic) bond motifs is 1. The fourth-order valence-corrected chi connectivity index (χ4v) is 2.60. The largest absolute Gasteiger partial charge is 0.478 e. The minimum absolute atomic E-state index is 0. The summed E-state index contributed by atoms with van der Waals surface area (Å²) in [6.07, 6.45) is 5.96. The highest BCUT2D eigenvalue weighted by Gasteiger charge is 2.18. The monoisotopic (exact) mass is 296 g/mol. The zero-order chi connectivity index (χ0) is 13.2. The van der Waals surface area contributed by atoms with Gasteiger partial charge in [0.25, 0.3) is 6.01 Å². The number of nitrogens with one attached hydrogen (secondary N) is 1. The standard InChI is InChI=1S/C14H16N2O3.ClH/c17-13(18)10-7-4-8-11-12(10)16-14(19-11)15-9-5-2-1-3-6-9;/h4,7-9H,1-3,5-6H2,(H,15,16)(H,17,18);1H. The molecule has 0 spiro atoms. The van der Waals surface area contributed by atoms with E-state index < -0.39 is 5.97 Å². The molecular weight excluding hydrogens is 280 g/mol. The number of carboxylic acids is 1. The van der Waals surface area contributed by atoms with Crippen molar-refractivity contribution in [3.05, 3.63) is 23.8 Å². The molecular formula is C14H17ClN2O3. The highest BCUT2D eigenvalue weighted by Crippen LogP contribution is 2.25. The van der Waals surface area contributed by atoms with Gasteiger partial charge in [-0.3, -0.25) is 0 Å².